The van der Waals surface area contributed by atoms with E-state index >= 15 is 0 Å². The minimum atomic E-state index is -0.116. The molecule has 2 fully saturated rings. The summed E-state index contributed by atoms with van der Waals surface area (Å²) >= 11 is 0. The molecular formula is C17H26FN3. The van der Waals surface area contributed by atoms with E-state index in [1.54, 1.807) is 6.07 Å². The number of anilines is 1. The number of rotatable bonds is 4. The van der Waals surface area contributed by atoms with Crippen molar-refractivity contribution in [3.63, 3.8) is 0 Å². The Hall–Kier alpha value is -1.13. The van der Waals surface area contributed by atoms with Crippen LogP contribution in [0.5, 0.6) is 0 Å². The summed E-state index contributed by atoms with van der Waals surface area (Å²) in [4.78, 5) is 4.95. The standard InChI is InChI=1S/C17H26FN3/c1-13(19)11-15-16(18)5-4-6-17(15)21-10-7-14(12-21)20-8-2-3-9-20/h4-6,13-14H,2-3,7-12,19H2,1H3. The minimum Gasteiger partial charge on any atom is -0.370 e. The monoisotopic (exact) mass is 291 g/mol. The average Bonchev–Trinajstić information content (AvgIpc) is 3.10. The van der Waals surface area contributed by atoms with Crippen molar-refractivity contribution < 1.29 is 4.39 Å². The molecule has 2 aliphatic rings. The Morgan fingerprint density at radius 2 is 2.05 bits per heavy atom. The second-order valence-corrected chi connectivity index (χ2v) is 6.55. The molecule has 0 bridgehead atoms. The van der Waals surface area contributed by atoms with E-state index in [1.165, 1.54) is 32.4 Å². The van der Waals surface area contributed by atoms with E-state index < -0.39 is 0 Å². The largest absolute Gasteiger partial charge is 0.370 e. The first kappa shape index (κ1) is 14.8. The fraction of sp³-hybridized carbons (Fsp3) is 0.647. The molecule has 4 heteroatoms. The fourth-order valence-electron chi connectivity index (χ4n) is 3.73. The second-order valence-electron chi connectivity index (χ2n) is 6.55. The van der Waals surface area contributed by atoms with E-state index in [2.05, 4.69) is 9.80 Å². The molecule has 0 spiro atoms. The van der Waals surface area contributed by atoms with Crippen molar-refractivity contribution in [2.45, 2.75) is 44.7 Å². The van der Waals surface area contributed by atoms with Crippen LogP contribution in [0.15, 0.2) is 18.2 Å². The first-order valence-electron chi connectivity index (χ1n) is 8.17. The van der Waals surface area contributed by atoms with E-state index in [9.17, 15) is 4.39 Å². The third-order valence-electron chi connectivity index (χ3n) is 4.78. The zero-order chi connectivity index (χ0) is 14.8. The van der Waals surface area contributed by atoms with Gasteiger partial charge in [-0.25, -0.2) is 4.39 Å². The molecular weight excluding hydrogens is 265 g/mol. The molecule has 0 aliphatic carbocycles. The van der Waals surface area contributed by atoms with Crippen molar-refractivity contribution in [3.05, 3.63) is 29.6 Å². The number of hydrogen-bond donors (Lipinski definition) is 1. The van der Waals surface area contributed by atoms with Gasteiger partial charge in [-0.3, -0.25) is 4.90 Å². The van der Waals surface area contributed by atoms with Crippen LogP contribution in [0.4, 0.5) is 10.1 Å². The first-order chi connectivity index (χ1) is 10.1. The highest BCUT2D eigenvalue weighted by Crippen LogP contribution is 2.30. The molecule has 0 aromatic heterocycles. The Morgan fingerprint density at radius 1 is 1.29 bits per heavy atom. The molecule has 2 saturated heterocycles. The van der Waals surface area contributed by atoms with Crippen molar-refractivity contribution in [3.8, 4) is 0 Å². The lowest BCUT2D eigenvalue weighted by atomic mass is 10.0. The van der Waals surface area contributed by atoms with Crippen LogP contribution in [0, 0.1) is 5.82 Å². The van der Waals surface area contributed by atoms with Gasteiger partial charge in [0, 0.05) is 36.4 Å². The highest BCUT2D eigenvalue weighted by molar-refractivity contribution is 5.55. The summed E-state index contributed by atoms with van der Waals surface area (Å²) < 4.78 is 14.2. The van der Waals surface area contributed by atoms with E-state index in [0.29, 0.717) is 12.5 Å². The third-order valence-corrected chi connectivity index (χ3v) is 4.78. The molecule has 0 saturated carbocycles. The Kier molecular flexibility index (Phi) is 4.45. The number of nitrogens with zero attached hydrogens (tertiary/aromatic N) is 2. The SMILES string of the molecule is CC(N)Cc1c(F)cccc1N1CCC(N2CCCC2)C1. The van der Waals surface area contributed by atoms with Crippen LogP contribution >= 0.6 is 0 Å². The van der Waals surface area contributed by atoms with Crippen molar-refractivity contribution in [1.29, 1.82) is 0 Å². The molecule has 116 valence electrons. The third kappa shape index (κ3) is 3.22. The van der Waals surface area contributed by atoms with Crippen LogP contribution in [-0.2, 0) is 6.42 Å². The minimum absolute atomic E-state index is 0.0161. The van der Waals surface area contributed by atoms with Gasteiger partial charge in [-0.2, -0.15) is 0 Å². The lowest BCUT2D eigenvalue weighted by Crippen LogP contribution is -2.35. The molecule has 2 unspecified atom stereocenters. The fourth-order valence-corrected chi connectivity index (χ4v) is 3.73. The number of likely N-dealkylation sites (tertiary alicyclic amines) is 1. The Balaban J connectivity index is 1.76. The van der Waals surface area contributed by atoms with Gasteiger partial charge in [-0.15, -0.1) is 0 Å². The van der Waals surface area contributed by atoms with Crippen LogP contribution in [0.2, 0.25) is 0 Å². The highest BCUT2D eigenvalue weighted by Gasteiger charge is 2.30. The van der Waals surface area contributed by atoms with Gasteiger partial charge >= 0.3 is 0 Å². The lowest BCUT2D eigenvalue weighted by molar-refractivity contribution is 0.260. The quantitative estimate of drug-likeness (QED) is 0.924. The Labute approximate surface area is 126 Å². The predicted molar refractivity (Wildman–Crippen MR) is 85.2 cm³/mol. The predicted octanol–water partition coefficient (Wildman–Crippen LogP) is 2.39. The normalized spacial score (nSPS) is 24.7. The van der Waals surface area contributed by atoms with Crippen molar-refractivity contribution in [2.75, 3.05) is 31.1 Å². The van der Waals surface area contributed by atoms with Crippen LogP contribution in [0.25, 0.3) is 0 Å². The number of benzene rings is 1. The summed E-state index contributed by atoms with van der Waals surface area (Å²) in [6.45, 7) is 6.45. The molecule has 1 aromatic carbocycles. The molecule has 21 heavy (non-hydrogen) atoms. The maximum absolute atomic E-state index is 14.2. The smallest absolute Gasteiger partial charge is 0.128 e. The van der Waals surface area contributed by atoms with Gasteiger partial charge in [-0.1, -0.05) is 6.07 Å². The second kappa shape index (κ2) is 6.32. The molecule has 2 aliphatic heterocycles. The van der Waals surface area contributed by atoms with E-state index in [1.807, 2.05) is 19.1 Å². The number of halogens is 1. The highest BCUT2D eigenvalue weighted by atomic mass is 19.1. The molecule has 0 radical (unpaired) electrons. The topological polar surface area (TPSA) is 32.5 Å². The zero-order valence-corrected chi connectivity index (χ0v) is 12.9. The summed E-state index contributed by atoms with van der Waals surface area (Å²) in [6, 6.07) is 6.04. The molecule has 2 heterocycles. The van der Waals surface area contributed by atoms with Crippen LogP contribution < -0.4 is 10.6 Å². The van der Waals surface area contributed by atoms with Gasteiger partial charge in [0.1, 0.15) is 5.82 Å². The molecule has 2 atom stereocenters. The van der Waals surface area contributed by atoms with Gasteiger partial charge in [-0.05, 0) is 57.8 Å². The zero-order valence-electron chi connectivity index (χ0n) is 12.9. The molecule has 3 rings (SSSR count). The Bertz CT molecular complexity index is 483. The maximum atomic E-state index is 14.2. The van der Waals surface area contributed by atoms with Crippen LogP contribution in [0.1, 0.15) is 31.7 Å². The lowest BCUT2D eigenvalue weighted by Gasteiger charge is -2.26. The van der Waals surface area contributed by atoms with E-state index in [-0.39, 0.29) is 11.9 Å². The summed E-state index contributed by atoms with van der Waals surface area (Å²) in [7, 11) is 0. The summed E-state index contributed by atoms with van der Waals surface area (Å²) in [5.41, 5.74) is 7.73. The summed E-state index contributed by atoms with van der Waals surface area (Å²) in [5, 5.41) is 0. The number of nitrogens with two attached hydrogens (primary N) is 1. The van der Waals surface area contributed by atoms with Crippen molar-refractivity contribution in [1.82, 2.24) is 4.90 Å². The first-order valence-corrected chi connectivity index (χ1v) is 8.17. The van der Waals surface area contributed by atoms with E-state index in [0.717, 1.165) is 24.3 Å². The van der Waals surface area contributed by atoms with Gasteiger partial charge in [0.2, 0.25) is 0 Å². The Morgan fingerprint density at radius 3 is 2.76 bits per heavy atom. The van der Waals surface area contributed by atoms with Gasteiger partial charge in [0.15, 0.2) is 0 Å². The molecule has 2 N–H and O–H groups in total. The number of hydrogen-bond acceptors (Lipinski definition) is 3. The summed E-state index contributed by atoms with van der Waals surface area (Å²) in [5.74, 6) is -0.116. The van der Waals surface area contributed by atoms with Crippen molar-refractivity contribution in [2.24, 2.45) is 5.73 Å². The maximum Gasteiger partial charge on any atom is 0.128 e. The van der Waals surface area contributed by atoms with Crippen LogP contribution in [0.3, 0.4) is 0 Å². The van der Waals surface area contributed by atoms with E-state index in [4.69, 9.17) is 5.73 Å². The molecule has 3 nitrogen and oxygen atoms in total. The van der Waals surface area contributed by atoms with Gasteiger partial charge < -0.3 is 10.6 Å². The van der Waals surface area contributed by atoms with Gasteiger partial charge in [0.25, 0.3) is 0 Å². The van der Waals surface area contributed by atoms with Crippen LogP contribution in [-0.4, -0.2) is 43.2 Å². The average molecular weight is 291 g/mol. The summed E-state index contributed by atoms with van der Waals surface area (Å²) in [6.07, 6.45) is 4.44. The molecule has 1 aromatic rings. The van der Waals surface area contributed by atoms with Crippen molar-refractivity contribution >= 4 is 5.69 Å². The van der Waals surface area contributed by atoms with Gasteiger partial charge in [0.05, 0.1) is 0 Å². The molecule has 0 amide bonds.